The molecule has 130 valence electrons. The van der Waals surface area contributed by atoms with Gasteiger partial charge in [0.1, 0.15) is 11.4 Å². The van der Waals surface area contributed by atoms with Crippen LogP contribution in [0.2, 0.25) is 0 Å². The Labute approximate surface area is 144 Å². The molecule has 24 heavy (non-hydrogen) atoms. The summed E-state index contributed by atoms with van der Waals surface area (Å²) >= 11 is 0. The number of amides is 1. The monoisotopic (exact) mass is 329 g/mol. The first-order valence-electron chi connectivity index (χ1n) is 8.52. The fraction of sp³-hybridized carbons (Fsp3) is 0.450. The van der Waals surface area contributed by atoms with E-state index in [9.17, 15) is 4.79 Å². The third kappa shape index (κ3) is 4.06. The third-order valence-corrected chi connectivity index (χ3v) is 4.09. The van der Waals surface area contributed by atoms with Gasteiger partial charge in [-0.1, -0.05) is 31.2 Å². The molecular formula is C20H27NO3. The van der Waals surface area contributed by atoms with E-state index in [4.69, 9.17) is 9.47 Å². The van der Waals surface area contributed by atoms with Crippen LogP contribution < -0.4 is 10.1 Å². The van der Waals surface area contributed by atoms with E-state index in [-0.39, 0.29) is 12.0 Å². The number of rotatable bonds is 7. The number of ether oxygens (including phenoxy) is 2. The number of benzene rings is 2. The summed E-state index contributed by atoms with van der Waals surface area (Å²) in [6.07, 6.45) is 1.08. The van der Waals surface area contributed by atoms with Gasteiger partial charge in [0, 0.05) is 23.1 Å². The van der Waals surface area contributed by atoms with Crippen LogP contribution in [-0.2, 0) is 9.53 Å². The van der Waals surface area contributed by atoms with Gasteiger partial charge in [0.15, 0.2) is 0 Å². The Morgan fingerprint density at radius 3 is 2.42 bits per heavy atom. The molecule has 4 heteroatoms. The zero-order chi connectivity index (χ0) is 17.7. The predicted octanol–water partition coefficient (Wildman–Crippen LogP) is 4.77. The number of hydrogen-bond acceptors (Lipinski definition) is 3. The molecule has 0 aliphatic rings. The summed E-state index contributed by atoms with van der Waals surface area (Å²) in [4.78, 5) is 12.5. The van der Waals surface area contributed by atoms with Gasteiger partial charge in [0.05, 0.1) is 6.10 Å². The van der Waals surface area contributed by atoms with Crippen LogP contribution in [0.1, 0.15) is 41.0 Å². The van der Waals surface area contributed by atoms with Crippen molar-refractivity contribution in [2.24, 2.45) is 0 Å². The molecule has 0 heterocycles. The zero-order valence-corrected chi connectivity index (χ0v) is 15.2. The molecule has 1 N–H and O–H groups in total. The maximum Gasteiger partial charge on any atom is 0.256 e. The van der Waals surface area contributed by atoms with Gasteiger partial charge in [-0.2, -0.15) is 0 Å². The first kappa shape index (κ1) is 18.3. The van der Waals surface area contributed by atoms with E-state index in [0.29, 0.717) is 6.61 Å². The Morgan fingerprint density at radius 1 is 1.12 bits per heavy atom. The fourth-order valence-corrected chi connectivity index (χ4v) is 2.48. The van der Waals surface area contributed by atoms with Crippen molar-refractivity contribution in [3.63, 3.8) is 0 Å². The summed E-state index contributed by atoms with van der Waals surface area (Å²) in [5.41, 5.74) is -0.109. The molecule has 1 amide bonds. The molecule has 0 bridgehead atoms. The van der Waals surface area contributed by atoms with Crippen LogP contribution in [-0.4, -0.2) is 24.2 Å². The van der Waals surface area contributed by atoms with E-state index < -0.39 is 5.60 Å². The van der Waals surface area contributed by atoms with E-state index in [2.05, 4.69) is 19.2 Å². The van der Waals surface area contributed by atoms with Gasteiger partial charge in [0.25, 0.3) is 5.91 Å². The van der Waals surface area contributed by atoms with Gasteiger partial charge in [-0.3, -0.25) is 4.79 Å². The standard InChI is InChI=1S/C20H27NO3/c1-6-14(3)24-18-13-12-17(15-10-8-9-11-16(15)18)21-19(22)20(4,5)23-7-2/h8-14H,6-7H2,1-5H3,(H,21,22)/t14-/m0/s1. The maximum absolute atomic E-state index is 12.5. The van der Waals surface area contributed by atoms with Crippen LogP contribution in [0.15, 0.2) is 36.4 Å². The Balaban J connectivity index is 2.36. The highest BCUT2D eigenvalue weighted by Gasteiger charge is 2.28. The number of hydrogen-bond donors (Lipinski definition) is 1. The molecule has 0 aliphatic carbocycles. The summed E-state index contributed by atoms with van der Waals surface area (Å²) in [7, 11) is 0. The first-order valence-corrected chi connectivity index (χ1v) is 8.52. The highest BCUT2D eigenvalue weighted by atomic mass is 16.5. The molecular weight excluding hydrogens is 302 g/mol. The van der Waals surface area contributed by atoms with E-state index in [1.807, 2.05) is 43.3 Å². The second-order valence-corrected chi connectivity index (χ2v) is 6.39. The van der Waals surface area contributed by atoms with E-state index in [1.54, 1.807) is 13.8 Å². The topological polar surface area (TPSA) is 47.6 Å². The number of carbonyl (C=O) groups excluding carboxylic acids is 1. The van der Waals surface area contributed by atoms with E-state index in [1.165, 1.54) is 0 Å². The lowest BCUT2D eigenvalue weighted by Crippen LogP contribution is -2.39. The molecule has 0 radical (unpaired) electrons. The molecule has 0 aliphatic heterocycles. The van der Waals surface area contributed by atoms with Gasteiger partial charge in [-0.05, 0) is 46.2 Å². The number of anilines is 1. The summed E-state index contributed by atoms with van der Waals surface area (Å²) < 4.78 is 11.5. The minimum absolute atomic E-state index is 0.144. The van der Waals surface area contributed by atoms with Crippen molar-refractivity contribution in [1.82, 2.24) is 0 Å². The molecule has 0 unspecified atom stereocenters. The van der Waals surface area contributed by atoms with Crippen molar-refractivity contribution in [2.45, 2.75) is 52.7 Å². The van der Waals surface area contributed by atoms with Crippen LogP contribution in [0.3, 0.4) is 0 Å². The summed E-state index contributed by atoms with van der Waals surface area (Å²) in [5.74, 6) is 0.673. The third-order valence-electron chi connectivity index (χ3n) is 4.09. The van der Waals surface area contributed by atoms with Crippen molar-refractivity contribution in [3.8, 4) is 5.75 Å². The van der Waals surface area contributed by atoms with Crippen LogP contribution in [0, 0.1) is 0 Å². The van der Waals surface area contributed by atoms with Gasteiger partial charge in [-0.25, -0.2) is 0 Å². The van der Waals surface area contributed by atoms with Gasteiger partial charge < -0.3 is 14.8 Å². The number of nitrogens with one attached hydrogen (secondary N) is 1. The molecule has 4 nitrogen and oxygen atoms in total. The van der Waals surface area contributed by atoms with Crippen molar-refractivity contribution in [1.29, 1.82) is 0 Å². The molecule has 0 saturated carbocycles. The lowest BCUT2D eigenvalue weighted by atomic mass is 10.1. The van der Waals surface area contributed by atoms with Gasteiger partial charge >= 0.3 is 0 Å². The Morgan fingerprint density at radius 2 is 1.79 bits per heavy atom. The zero-order valence-electron chi connectivity index (χ0n) is 15.2. The lowest BCUT2D eigenvalue weighted by molar-refractivity contribution is -0.136. The summed E-state index contributed by atoms with van der Waals surface area (Å²) in [6, 6.07) is 11.7. The van der Waals surface area contributed by atoms with E-state index >= 15 is 0 Å². The normalized spacial score (nSPS) is 12.9. The Hall–Kier alpha value is -2.07. The van der Waals surface area contributed by atoms with Crippen molar-refractivity contribution in [3.05, 3.63) is 36.4 Å². The summed E-state index contributed by atoms with van der Waals surface area (Å²) in [5, 5.41) is 4.93. The lowest BCUT2D eigenvalue weighted by Gasteiger charge is -2.24. The second kappa shape index (κ2) is 7.67. The van der Waals surface area contributed by atoms with Gasteiger partial charge in [-0.15, -0.1) is 0 Å². The highest BCUT2D eigenvalue weighted by Crippen LogP contribution is 2.33. The smallest absolute Gasteiger partial charge is 0.256 e. The van der Waals surface area contributed by atoms with Crippen LogP contribution >= 0.6 is 0 Å². The quantitative estimate of drug-likeness (QED) is 0.796. The maximum atomic E-state index is 12.5. The number of fused-ring (bicyclic) bond motifs is 1. The van der Waals surface area contributed by atoms with Crippen molar-refractivity contribution in [2.75, 3.05) is 11.9 Å². The average molecular weight is 329 g/mol. The minimum Gasteiger partial charge on any atom is -0.490 e. The molecule has 0 spiro atoms. The SMILES string of the molecule is CCOC(C)(C)C(=O)Nc1ccc(O[C@@H](C)CC)c2ccccc12. The van der Waals surface area contributed by atoms with Crippen molar-refractivity contribution >= 4 is 22.4 Å². The molecule has 2 rings (SSSR count). The van der Waals surface area contributed by atoms with Crippen molar-refractivity contribution < 1.29 is 14.3 Å². The molecule has 2 aromatic rings. The fourth-order valence-electron chi connectivity index (χ4n) is 2.48. The van der Waals surface area contributed by atoms with Crippen LogP contribution in [0.25, 0.3) is 10.8 Å². The van der Waals surface area contributed by atoms with E-state index in [0.717, 1.165) is 28.6 Å². The molecule has 0 fully saturated rings. The Bertz CT molecular complexity index is 709. The highest BCUT2D eigenvalue weighted by molar-refractivity contribution is 6.06. The molecule has 0 saturated heterocycles. The van der Waals surface area contributed by atoms with Crippen LogP contribution in [0.5, 0.6) is 5.75 Å². The number of carbonyl (C=O) groups is 1. The summed E-state index contributed by atoms with van der Waals surface area (Å²) in [6.45, 7) is 10.1. The van der Waals surface area contributed by atoms with Gasteiger partial charge in [0.2, 0.25) is 0 Å². The molecule has 0 aromatic heterocycles. The van der Waals surface area contributed by atoms with Crippen LogP contribution in [0.4, 0.5) is 5.69 Å². The second-order valence-electron chi connectivity index (χ2n) is 6.39. The predicted molar refractivity (Wildman–Crippen MR) is 98.7 cm³/mol. The molecule has 2 aromatic carbocycles. The first-order chi connectivity index (χ1) is 11.4. The molecule has 1 atom stereocenters. The minimum atomic E-state index is -0.873. The average Bonchev–Trinajstić information content (AvgIpc) is 2.56. The largest absolute Gasteiger partial charge is 0.490 e. The Kier molecular flexibility index (Phi) is 5.84.